The van der Waals surface area contributed by atoms with E-state index < -0.39 is 0 Å². The van der Waals surface area contributed by atoms with Crippen LogP contribution in [0.5, 0.6) is 0 Å². The molecule has 1 heterocycles. The number of thioether (sulfide) groups is 1. The lowest BCUT2D eigenvalue weighted by atomic mass is 9.96. The number of amides is 1. The van der Waals surface area contributed by atoms with Crippen LogP contribution in [0.4, 0.5) is 0 Å². The van der Waals surface area contributed by atoms with Crippen molar-refractivity contribution in [2.75, 3.05) is 12.3 Å². The first-order chi connectivity index (χ1) is 11.3. The molecule has 23 heavy (non-hydrogen) atoms. The van der Waals surface area contributed by atoms with Gasteiger partial charge in [0.05, 0.1) is 5.75 Å². The molecule has 2 saturated carbocycles. The lowest BCUT2D eigenvalue weighted by Gasteiger charge is -2.16. The van der Waals surface area contributed by atoms with E-state index in [-0.39, 0.29) is 11.3 Å². The van der Waals surface area contributed by atoms with E-state index in [2.05, 4.69) is 44.3 Å². The molecule has 1 amide bonds. The fraction of sp³-hybridized carbons (Fsp3) is 0.471. The fourth-order valence-electron chi connectivity index (χ4n) is 2.90. The van der Waals surface area contributed by atoms with Crippen LogP contribution in [0, 0.1) is 0 Å². The highest BCUT2D eigenvalue weighted by Crippen LogP contribution is 2.47. The normalized spacial score (nSPS) is 18.6. The number of rotatable bonds is 7. The van der Waals surface area contributed by atoms with Gasteiger partial charge in [0.15, 0.2) is 5.16 Å². The number of nitrogens with one attached hydrogen (secondary N) is 1. The highest BCUT2D eigenvalue weighted by Gasteiger charge is 2.44. The van der Waals surface area contributed by atoms with E-state index in [1.165, 1.54) is 30.2 Å². The van der Waals surface area contributed by atoms with Crippen LogP contribution in [0.25, 0.3) is 0 Å². The molecule has 0 unspecified atom stereocenters. The Labute approximate surface area is 139 Å². The van der Waals surface area contributed by atoms with E-state index >= 15 is 0 Å². The standard InChI is InChI=1S/C17H20N4OS/c22-15(10-23-16-20-19-12-21(16)14-6-7-14)18-11-17(8-9-17)13-4-2-1-3-5-13/h1-5,12,14H,6-11H2,(H,18,22). The van der Waals surface area contributed by atoms with Gasteiger partial charge >= 0.3 is 0 Å². The molecule has 1 aromatic carbocycles. The maximum Gasteiger partial charge on any atom is 0.230 e. The lowest BCUT2D eigenvalue weighted by molar-refractivity contribution is -0.118. The molecule has 0 aliphatic heterocycles. The first-order valence-corrected chi connectivity index (χ1v) is 9.10. The Morgan fingerprint density at radius 2 is 2.09 bits per heavy atom. The zero-order valence-corrected chi connectivity index (χ0v) is 13.8. The van der Waals surface area contributed by atoms with Crippen molar-refractivity contribution < 1.29 is 4.79 Å². The zero-order chi connectivity index (χ0) is 15.7. The van der Waals surface area contributed by atoms with Crippen LogP contribution >= 0.6 is 11.8 Å². The highest BCUT2D eigenvalue weighted by atomic mass is 32.2. The third-order valence-corrected chi connectivity index (χ3v) is 5.63. The van der Waals surface area contributed by atoms with Crippen molar-refractivity contribution in [1.29, 1.82) is 0 Å². The SMILES string of the molecule is O=C(CSc1nncn1C1CC1)NCC1(c2ccccc2)CC1. The summed E-state index contributed by atoms with van der Waals surface area (Å²) >= 11 is 1.47. The first-order valence-electron chi connectivity index (χ1n) is 8.11. The van der Waals surface area contributed by atoms with Gasteiger partial charge in [-0.15, -0.1) is 10.2 Å². The van der Waals surface area contributed by atoms with E-state index in [1.54, 1.807) is 6.33 Å². The Balaban J connectivity index is 1.28. The minimum Gasteiger partial charge on any atom is -0.354 e. The van der Waals surface area contributed by atoms with Crippen molar-refractivity contribution in [3.05, 3.63) is 42.2 Å². The van der Waals surface area contributed by atoms with Crippen LogP contribution in [-0.4, -0.2) is 33.0 Å². The summed E-state index contributed by atoms with van der Waals surface area (Å²) in [6.07, 6.45) is 6.46. The molecule has 2 aromatic rings. The Morgan fingerprint density at radius 3 is 2.78 bits per heavy atom. The van der Waals surface area contributed by atoms with E-state index in [1.807, 2.05) is 6.07 Å². The van der Waals surface area contributed by atoms with Crippen LogP contribution in [0.2, 0.25) is 0 Å². The number of carbonyl (C=O) groups is 1. The molecule has 120 valence electrons. The average molecular weight is 328 g/mol. The maximum atomic E-state index is 12.2. The molecular weight excluding hydrogens is 308 g/mol. The van der Waals surface area contributed by atoms with Gasteiger partial charge in [-0.05, 0) is 31.2 Å². The van der Waals surface area contributed by atoms with Crippen LogP contribution in [0.3, 0.4) is 0 Å². The van der Waals surface area contributed by atoms with Gasteiger partial charge in [0.25, 0.3) is 0 Å². The van der Waals surface area contributed by atoms with Gasteiger partial charge in [-0.3, -0.25) is 4.79 Å². The molecule has 2 aliphatic carbocycles. The third kappa shape index (κ3) is 3.27. The molecule has 0 radical (unpaired) electrons. The van der Waals surface area contributed by atoms with E-state index in [4.69, 9.17) is 0 Å². The average Bonchev–Trinajstić information content (AvgIpc) is 3.51. The molecule has 5 nitrogen and oxygen atoms in total. The molecule has 4 rings (SSSR count). The molecule has 2 aliphatic rings. The minimum absolute atomic E-state index is 0.0718. The summed E-state index contributed by atoms with van der Waals surface area (Å²) in [5.41, 5.74) is 1.50. The van der Waals surface area contributed by atoms with Gasteiger partial charge in [-0.25, -0.2) is 0 Å². The summed E-state index contributed by atoms with van der Waals surface area (Å²) in [6, 6.07) is 11.0. The second-order valence-electron chi connectivity index (χ2n) is 6.46. The number of benzene rings is 1. The Bertz CT molecular complexity index is 692. The Morgan fingerprint density at radius 1 is 1.30 bits per heavy atom. The maximum absolute atomic E-state index is 12.2. The molecule has 0 saturated heterocycles. The second-order valence-corrected chi connectivity index (χ2v) is 7.41. The van der Waals surface area contributed by atoms with Gasteiger partial charge in [0.1, 0.15) is 6.33 Å². The molecule has 1 aromatic heterocycles. The molecule has 0 atom stereocenters. The molecule has 6 heteroatoms. The number of carbonyl (C=O) groups excluding carboxylic acids is 1. The predicted molar refractivity (Wildman–Crippen MR) is 89.4 cm³/mol. The molecule has 2 fully saturated rings. The minimum atomic E-state index is 0.0718. The van der Waals surface area contributed by atoms with Crippen LogP contribution in [0.15, 0.2) is 41.8 Å². The van der Waals surface area contributed by atoms with Crippen molar-refractivity contribution in [3.8, 4) is 0 Å². The lowest BCUT2D eigenvalue weighted by Crippen LogP contribution is -2.33. The van der Waals surface area contributed by atoms with Crippen molar-refractivity contribution in [2.45, 2.75) is 42.3 Å². The van der Waals surface area contributed by atoms with Crippen molar-refractivity contribution in [3.63, 3.8) is 0 Å². The quantitative estimate of drug-likeness (QED) is 0.794. The number of nitrogens with zero attached hydrogens (tertiary/aromatic N) is 3. The summed E-state index contributed by atoms with van der Waals surface area (Å²) in [5.74, 6) is 0.471. The van der Waals surface area contributed by atoms with Crippen LogP contribution < -0.4 is 5.32 Å². The Hall–Kier alpha value is -1.82. The topological polar surface area (TPSA) is 59.8 Å². The molecular formula is C17H20N4OS. The summed E-state index contributed by atoms with van der Waals surface area (Å²) in [7, 11) is 0. The molecule has 0 spiro atoms. The van der Waals surface area contributed by atoms with Gasteiger partial charge in [0.2, 0.25) is 5.91 Å². The van der Waals surface area contributed by atoms with Gasteiger partial charge in [0, 0.05) is 18.0 Å². The highest BCUT2D eigenvalue weighted by molar-refractivity contribution is 7.99. The summed E-state index contributed by atoms with van der Waals surface area (Å²) in [5, 5.41) is 12.0. The van der Waals surface area contributed by atoms with E-state index in [0.29, 0.717) is 11.8 Å². The number of hydrogen-bond donors (Lipinski definition) is 1. The zero-order valence-electron chi connectivity index (χ0n) is 12.9. The van der Waals surface area contributed by atoms with Gasteiger partial charge in [-0.2, -0.15) is 0 Å². The smallest absolute Gasteiger partial charge is 0.230 e. The molecule has 0 bridgehead atoms. The van der Waals surface area contributed by atoms with E-state index in [0.717, 1.165) is 24.5 Å². The van der Waals surface area contributed by atoms with Crippen molar-refractivity contribution in [1.82, 2.24) is 20.1 Å². The summed E-state index contributed by atoms with van der Waals surface area (Å²) in [4.78, 5) is 12.2. The van der Waals surface area contributed by atoms with Crippen LogP contribution in [-0.2, 0) is 10.2 Å². The second kappa shape index (κ2) is 6.00. The summed E-state index contributed by atoms with van der Waals surface area (Å²) < 4.78 is 2.09. The van der Waals surface area contributed by atoms with E-state index in [9.17, 15) is 4.79 Å². The van der Waals surface area contributed by atoms with Crippen molar-refractivity contribution in [2.24, 2.45) is 0 Å². The fourth-order valence-corrected chi connectivity index (χ4v) is 3.71. The monoisotopic (exact) mass is 328 g/mol. The van der Waals surface area contributed by atoms with Crippen molar-refractivity contribution >= 4 is 17.7 Å². The van der Waals surface area contributed by atoms with Crippen LogP contribution in [0.1, 0.15) is 37.3 Å². The number of hydrogen-bond acceptors (Lipinski definition) is 4. The third-order valence-electron chi connectivity index (χ3n) is 4.68. The molecule has 1 N–H and O–H groups in total. The van der Waals surface area contributed by atoms with Gasteiger partial charge in [-0.1, -0.05) is 42.1 Å². The predicted octanol–water partition coefficient (Wildman–Crippen LogP) is 2.55. The largest absolute Gasteiger partial charge is 0.354 e. The Kier molecular flexibility index (Phi) is 3.85. The summed E-state index contributed by atoms with van der Waals surface area (Å²) in [6.45, 7) is 0.728. The number of aromatic nitrogens is 3. The first kappa shape index (κ1) is 14.8. The van der Waals surface area contributed by atoms with Gasteiger partial charge < -0.3 is 9.88 Å².